The number of fused-ring (bicyclic) bond motifs is 1. The third-order valence-electron chi connectivity index (χ3n) is 3.13. The topological polar surface area (TPSA) is 73.7 Å². The summed E-state index contributed by atoms with van der Waals surface area (Å²) in [4.78, 5) is 26.0. The molecule has 22 heavy (non-hydrogen) atoms. The number of hydrogen-bond donors (Lipinski definition) is 0. The molecule has 0 saturated carbocycles. The normalized spacial score (nSPS) is 17.9. The zero-order valence-electron chi connectivity index (χ0n) is 13.1. The fourth-order valence-electron chi connectivity index (χ4n) is 2.19. The van der Waals surface area contributed by atoms with Crippen LogP contribution in [0.2, 0.25) is 0 Å². The number of carbonyl (C=O) groups excluding carboxylic acids is 2. The predicted molar refractivity (Wildman–Crippen MR) is 82.1 cm³/mol. The lowest BCUT2D eigenvalue weighted by molar-refractivity contribution is -0.151. The van der Waals surface area contributed by atoms with Crippen LogP contribution in [0.15, 0.2) is 10.7 Å². The van der Waals surface area contributed by atoms with Gasteiger partial charge in [-0.3, -0.25) is 9.58 Å². The Kier molecular flexibility index (Phi) is 4.79. The van der Waals surface area contributed by atoms with Gasteiger partial charge < -0.3 is 9.47 Å². The Morgan fingerprint density at radius 1 is 1.45 bits per heavy atom. The first-order valence-electron chi connectivity index (χ1n) is 7.09. The number of halogens is 1. The molecule has 0 aliphatic carbocycles. The molecule has 0 fully saturated rings. The van der Waals surface area contributed by atoms with Crippen molar-refractivity contribution in [1.82, 2.24) is 14.7 Å². The van der Waals surface area contributed by atoms with Gasteiger partial charge in [0.05, 0.1) is 36.1 Å². The van der Waals surface area contributed by atoms with Crippen LogP contribution in [0.5, 0.6) is 0 Å². The van der Waals surface area contributed by atoms with E-state index in [0.717, 1.165) is 10.2 Å². The van der Waals surface area contributed by atoms with Crippen LogP contribution in [0.4, 0.5) is 4.79 Å². The highest BCUT2D eigenvalue weighted by molar-refractivity contribution is 9.10. The third kappa shape index (κ3) is 3.60. The van der Waals surface area contributed by atoms with Crippen molar-refractivity contribution in [2.24, 2.45) is 0 Å². The first-order valence-corrected chi connectivity index (χ1v) is 7.88. The van der Waals surface area contributed by atoms with Gasteiger partial charge in [0.1, 0.15) is 5.60 Å². The lowest BCUT2D eigenvalue weighted by Gasteiger charge is -2.35. The van der Waals surface area contributed by atoms with Crippen molar-refractivity contribution in [3.63, 3.8) is 0 Å². The quantitative estimate of drug-likeness (QED) is 0.743. The van der Waals surface area contributed by atoms with Crippen molar-refractivity contribution in [2.45, 2.75) is 52.4 Å². The van der Waals surface area contributed by atoms with Crippen LogP contribution in [-0.2, 0) is 27.4 Å². The second kappa shape index (κ2) is 6.28. The summed E-state index contributed by atoms with van der Waals surface area (Å²) in [7, 11) is 0. The van der Waals surface area contributed by atoms with E-state index in [-0.39, 0.29) is 19.7 Å². The van der Waals surface area contributed by atoms with Gasteiger partial charge in [0.25, 0.3) is 0 Å². The van der Waals surface area contributed by atoms with Gasteiger partial charge in [-0.2, -0.15) is 5.10 Å². The molecule has 122 valence electrons. The van der Waals surface area contributed by atoms with Crippen molar-refractivity contribution in [3.8, 4) is 0 Å². The molecule has 2 heterocycles. The molecule has 1 aliphatic heterocycles. The largest absolute Gasteiger partial charge is 0.464 e. The summed E-state index contributed by atoms with van der Waals surface area (Å²) >= 11 is 3.40. The van der Waals surface area contributed by atoms with Crippen molar-refractivity contribution in [2.75, 3.05) is 6.61 Å². The molecule has 1 aromatic heterocycles. The molecule has 0 bridgehead atoms. The Morgan fingerprint density at radius 2 is 2.14 bits per heavy atom. The van der Waals surface area contributed by atoms with Crippen molar-refractivity contribution < 1.29 is 19.1 Å². The predicted octanol–water partition coefficient (Wildman–Crippen LogP) is 2.33. The van der Waals surface area contributed by atoms with Gasteiger partial charge >= 0.3 is 12.1 Å². The van der Waals surface area contributed by atoms with Crippen LogP contribution in [0, 0.1) is 0 Å². The van der Waals surface area contributed by atoms with Crippen LogP contribution in [-0.4, -0.2) is 45.0 Å². The van der Waals surface area contributed by atoms with E-state index in [1.807, 2.05) is 0 Å². The highest BCUT2D eigenvalue weighted by atomic mass is 79.9. The number of ether oxygens (including phenoxy) is 2. The number of nitrogens with zero attached hydrogens (tertiary/aromatic N) is 3. The lowest BCUT2D eigenvalue weighted by atomic mass is 10.1. The molecule has 0 saturated heterocycles. The zero-order chi connectivity index (χ0) is 16.5. The average molecular weight is 374 g/mol. The van der Waals surface area contributed by atoms with Gasteiger partial charge in [-0.25, -0.2) is 9.59 Å². The first kappa shape index (κ1) is 16.8. The Morgan fingerprint density at radius 3 is 2.73 bits per heavy atom. The molecule has 7 nitrogen and oxygen atoms in total. The highest BCUT2D eigenvalue weighted by Gasteiger charge is 2.39. The number of aromatic nitrogens is 2. The summed E-state index contributed by atoms with van der Waals surface area (Å²) in [5.41, 5.74) is 0.192. The average Bonchev–Trinajstić information content (AvgIpc) is 2.77. The van der Waals surface area contributed by atoms with Crippen LogP contribution >= 0.6 is 15.9 Å². The van der Waals surface area contributed by atoms with Gasteiger partial charge in [0, 0.05) is 0 Å². The van der Waals surface area contributed by atoms with Crippen molar-refractivity contribution in [1.29, 1.82) is 0 Å². The van der Waals surface area contributed by atoms with E-state index >= 15 is 0 Å². The van der Waals surface area contributed by atoms with Crippen molar-refractivity contribution >= 4 is 28.0 Å². The number of amides is 1. The van der Waals surface area contributed by atoms with Gasteiger partial charge in [-0.1, -0.05) is 0 Å². The minimum absolute atomic E-state index is 0.235. The van der Waals surface area contributed by atoms with E-state index in [9.17, 15) is 9.59 Å². The Bertz CT molecular complexity index is 579. The number of hydrogen-bond acceptors (Lipinski definition) is 5. The van der Waals surface area contributed by atoms with Crippen LogP contribution in [0.3, 0.4) is 0 Å². The molecule has 1 amide bonds. The molecule has 1 unspecified atom stereocenters. The Balaban J connectivity index is 2.28. The minimum atomic E-state index is -0.742. The van der Waals surface area contributed by atoms with E-state index in [1.165, 1.54) is 4.90 Å². The van der Waals surface area contributed by atoms with E-state index < -0.39 is 23.7 Å². The van der Waals surface area contributed by atoms with Crippen LogP contribution in [0.25, 0.3) is 0 Å². The van der Waals surface area contributed by atoms with Gasteiger partial charge in [-0.15, -0.1) is 0 Å². The molecule has 0 aromatic carbocycles. The standard InChI is InChI=1S/C14H20BrN3O4/c1-5-21-12(19)11-8-18-10(9(15)6-16-18)7-17(11)13(20)22-14(2,3)4/h6,11H,5,7-8H2,1-4H3. The molecule has 2 rings (SSSR count). The lowest BCUT2D eigenvalue weighted by Crippen LogP contribution is -2.52. The third-order valence-corrected chi connectivity index (χ3v) is 3.79. The molecule has 0 N–H and O–H groups in total. The van der Waals surface area contributed by atoms with Gasteiger partial charge in [-0.05, 0) is 43.6 Å². The smallest absolute Gasteiger partial charge is 0.411 e. The molecule has 1 aromatic rings. The number of rotatable bonds is 2. The second-order valence-corrected chi connectivity index (χ2v) is 6.85. The highest BCUT2D eigenvalue weighted by Crippen LogP contribution is 2.26. The summed E-state index contributed by atoms with van der Waals surface area (Å²) < 4.78 is 13.0. The van der Waals surface area contributed by atoms with Crippen LogP contribution in [0.1, 0.15) is 33.4 Å². The Labute approximate surface area is 137 Å². The van der Waals surface area contributed by atoms with E-state index in [4.69, 9.17) is 9.47 Å². The molecular formula is C14H20BrN3O4. The maximum absolute atomic E-state index is 12.4. The molecule has 0 spiro atoms. The summed E-state index contributed by atoms with van der Waals surface area (Å²) in [6, 6.07) is -0.742. The van der Waals surface area contributed by atoms with E-state index in [1.54, 1.807) is 38.6 Å². The number of esters is 1. The van der Waals surface area contributed by atoms with E-state index in [2.05, 4.69) is 21.0 Å². The molecule has 0 radical (unpaired) electrons. The van der Waals surface area contributed by atoms with Gasteiger partial charge in [0.15, 0.2) is 6.04 Å². The summed E-state index contributed by atoms with van der Waals surface area (Å²) in [6.45, 7) is 7.83. The molecule has 1 atom stereocenters. The van der Waals surface area contributed by atoms with Gasteiger partial charge in [0.2, 0.25) is 0 Å². The van der Waals surface area contributed by atoms with E-state index in [0.29, 0.717) is 0 Å². The fourth-order valence-corrected chi connectivity index (χ4v) is 2.61. The molecule has 1 aliphatic rings. The number of carbonyl (C=O) groups is 2. The minimum Gasteiger partial charge on any atom is -0.464 e. The second-order valence-electron chi connectivity index (χ2n) is 6.00. The molecule has 8 heteroatoms. The monoisotopic (exact) mass is 373 g/mol. The van der Waals surface area contributed by atoms with Crippen molar-refractivity contribution in [3.05, 3.63) is 16.4 Å². The summed E-state index contributed by atoms with van der Waals surface area (Å²) in [6.07, 6.45) is 1.11. The zero-order valence-corrected chi connectivity index (χ0v) is 14.7. The fraction of sp³-hybridized carbons (Fsp3) is 0.643. The first-order chi connectivity index (χ1) is 10.2. The maximum Gasteiger partial charge on any atom is 0.411 e. The maximum atomic E-state index is 12.4. The SMILES string of the molecule is CCOC(=O)C1Cn2ncc(Br)c2CN1C(=O)OC(C)(C)C. The molecular weight excluding hydrogens is 354 g/mol. The van der Waals surface area contributed by atoms with Crippen LogP contribution < -0.4 is 0 Å². The summed E-state index contributed by atoms with van der Waals surface area (Å²) in [5.74, 6) is -0.453. The summed E-state index contributed by atoms with van der Waals surface area (Å²) in [5, 5.41) is 4.20. The Hall–Kier alpha value is -1.57.